The molecule has 1 N–H and O–H groups in total. The summed E-state index contributed by atoms with van der Waals surface area (Å²) in [6, 6.07) is 12.4. The van der Waals surface area contributed by atoms with Gasteiger partial charge in [-0.2, -0.15) is 0 Å². The van der Waals surface area contributed by atoms with Crippen molar-refractivity contribution in [1.29, 1.82) is 0 Å². The van der Waals surface area contributed by atoms with Crippen LogP contribution in [0.25, 0.3) is 0 Å². The van der Waals surface area contributed by atoms with Crippen LogP contribution < -0.4 is 5.32 Å². The van der Waals surface area contributed by atoms with Crippen molar-refractivity contribution in [2.75, 3.05) is 13.2 Å². The van der Waals surface area contributed by atoms with Gasteiger partial charge in [0.25, 0.3) is 5.91 Å². The first-order chi connectivity index (χ1) is 13.1. The van der Waals surface area contributed by atoms with Crippen LogP contribution in [0.3, 0.4) is 0 Å². The third-order valence-electron chi connectivity index (χ3n) is 6.20. The number of benzene rings is 1. The maximum atomic E-state index is 13.0. The lowest BCUT2D eigenvalue weighted by atomic mass is 9.93. The first-order valence-electron chi connectivity index (χ1n) is 9.57. The molecule has 2 atom stereocenters. The van der Waals surface area contributed by atoms with Crippen LogP contribution in [0.4, 0.5) is 4.79 Å². The fourth-order valence-electron chi connectivity index (χ4n) is 4.51. The smallest absolute Gasteiger partial charge is 0.323 e. The molecule has 2 fully saturated rings. The molecule has 27 heavy (non-hydrogen) atoms. The number of amides is 3. The molecule has 3 aliphatic rings. The van der Waals surface area contributed by atoms with E-state index >= 15 is 0 Å². The molecule has 2 unspecified atom stereocenters. The molecular weight excluding hydrogens is 358 g/mol. The second-order valence-electron chi connectivity index (χ2n) is 7.96. The highest BCUT2D eigenvalue weighted by Crippen LogP contribution is 2.43. The van der Waals surface area contributed by atoms with Gasteiger partial charge >= 0.3 is 6.03 Å². The Hall–Kier alpha value is -2.18. The molecule has 3 heterocycles. The number of hydrogen-bond donors (Lipinski definition) is 1. The molecule has 1 aliphatic carbocycles. The van der Waals surface area contributed by atoms with E-state index in [0.29, 0.717) is 6.67 Å². The minimum atomic E-state index is -0.720. The summed E-state index contributed by atoms with van der Waals surface area (Å²) in [5.74, 6) is 0.214. The predicted octanol–water partition coefficient (Wildman–Crippen LogP) is 3.37. The van der Waals surface area contributed by atoms with E-state index in [1.54, 1.807) is 11.3 Å². The zero-order valence-electron chi connectivity index (χ0n) is 15.4. The maximum absolute atomic E-state index is 13.0. The van der Waals surface area contributed by atoms with Crippen LogP contribution in [0.1, 0.15) is 41.8 Å². The summed E-state index contributed by atoms with van der Waals surface area (Å²) in [6.45, 7) is 3.05. The molecule has 0 radical (unpaired) electrons. The number of carbonyl (C=O) groups excluding carboxylic acids is 2. The van der Waals surface area contributed by atoms with Gasteiger partial charge in [0.15, 0.2) is 0 Å². The predicted molar refractivity (Wildman–Crippen MR) is 104 cm³/mol. The maximum Gasteiger partial charge on any atom is 0.326 e. The summed E-state index contributed by atoms with van der Waals surface area (Å²) in [6.07, 6.45) is 3.00. The molecule has 2 aromatic rings. The molecule has 0 spiro atoms. The van der Waals surface area contributed by atoms with Gasteiger partial charge in [0, 0.05) is 11.4 Å². The highest BCUT2D eigenvalue weighted by atomic mass is 32.1. The van der Waals surface area contributed by atoms with Crippen molar-refractivity contribution in [3.05, 3.63) is 57.8 Å². The molecule has 1 aromatic carbocycles. The molecule has 3 amide bonds. The standard InChI is InChI=1S/C21H23N3O2S/c1-21(15-7-8-15)19(25)24(20(26)22-21)13-23-11-9-17-16(10-12-27-17)18(23)14-5-3-2-4-6-14/h2-6,10,12,15,18H,7-9,11,13H2,1H3,(H,22,26). The van der Waals surface area contributed by atoms with E-state index in [1.807, 2.05) is 25.1 Å². The topological polar surface area (TPSA) is 52.7 Å². The van der Waals surface area contributed by atoms with Gasteiger partial charge in [0.2, 0.25) is 0 Å². The highest BCUT2D eigenvalue weighted by Gasteiger charge is 2.56. The lowest BCUT2D eigenvalue weighted by molar-refractivity contribution is -0.133. The molecule has 5 nitrogen and oxygen atoms in total. The molecule has 2 aliphatic heterocycles. The molecule has 1 saturated carbocycles. The monoisotopic (exact) mass is 381 g/mol. The van der Waals surface area contributed by atoms with Gasteiger partial charge < -0.3 is 5.32 Å². The van der Waals surface area contributed by atoms with E-state index in [1.165, 1.54) is 20.9 Å². The SMILES string of the molecule is CC1(C2CC2)NC(=O)N(CN2CCc3sccc3C2c2ccccc2)C1=O. The van der Waals surface area contributed by atoms with E-state index in [4.69, 9.17) is 0 Å². The zero-order valence-corrected chi connectivity index (χ0v) is 16.2. The lowest BCUT2D eigenvalue weighted by Crippen LogP contribution is -2.48. The summed E-state index contributed by atoms with van der Waals surface area (Å²) in [7, 11) is 0. The first kappa shape index (κ1) is 17.0. The molecule has 0 bridgehead atoms. The average molecular weight is 382 g/mol. The number of thiophene rings is 1. The number of fused-ring (bicyclic) bond motifs is 1. The molecule has 6 heteroatoms. The second-order valence-corrected chi connectivity index (χ2v) is 8.96. The fraction of sp³-hybridized carbons (Fsp3) is 0.429. The first-order valence-corrected chi connectivity index (χ1v) is 10.5. The molecule has 140 valence electrons. The number of rotatable bonds is 4. The normalized spacial score (nSPS) is 28.3. The van der Waals surface area contributed by atoms with Crippen molar-refractivity contribution < 1.29 is 9.59 Å². The zero-order chi connectivity index (χ0) is 18.6. The van der Waals surface area contributed by atoms with E-state index in [-0.39, 0.29) is 23.9 Å². The van der Waals surface area contributed by atoms with Crippen molar-refractivity contribution in [2.45, 2.75) is 37.8 Å². The molecule has 5 rings (SSSR count). The van der Waals surface area contributed by atoms with E-state index in [0.717, 1.165) is 25.8 Å². The number of carbonyl (C=O) groups is 2. The van der Waals surface area contributed by atoms with Gasteiger partial charge in [0.1, 0.15) is 5.54 Å². The van der Waals surface area contributed by atoms with Gasteiger partial charge in [-0.15, -0.1) is 11.3 Å². The summed E-state index contributed by atoms with van der Waals surface area (Å²) in [5.41, 5.74) is 1.78. The Morgan fingerprint density at radius 2 is 1.96 bits per heavy atom. The Morgan fingerprint density at radius 1 is 1.19 bits per heavy atom. The number of nitrogens with zero attached hydrogens (tertiary/aromatic N) is 2. The summed E-state index contributed by atoms with van der Waals surface area (Å²) >= 11 is 1.80. The van der Waals surface area contributed by atoms with Crippen molar-refractivity contribution in [2.24, 2.45) is 5.92 Å². The number of imide groups is 1. The Bertz CT molecular complexity index is 892. The van der Waals surface area contributed by atoms with Gasteiger partial charge in [0.05, 0.1) is 12.7 Å². The molecule has 1 saturated heterocycles. The van der Waals surface area contributed by atoms with E-state index in [2.05, 4.69) is 33.8 Å². The summed E-state index contributed by atoms with van der Waals surface area (Å²) in [5, 5.41) is 5.10. The number of urea groups is 1. The van der Waals surface area contributed by atoms with Crippen LogP contribution in [0, 0.1) is 5.92 Å². The van der Waals surface area contributed by atoms with Crippen LogP contribution in [-0.4, -0.2) is 40.5 Å². The van der Waals surface area contributed by atoms with Crippen LogP contribution in [0.5, 0.6) is 0 Å². The highest BCUT2D eigenvalue weighted by molar-refractivity contribution is 7.10. The Morgan fingerprint density at radius 3 is 2.70 bits per heavy atom. The van der Waals surface area contributed by atoms with Crippen molar-refractivity contribution in [3.8, 4) is 0 Å². The number of hydrogen-bond acceptors (Lipinski definition) is 4. The van der Waals surface area contributed by atoms with Gasteiger partial charge in [-0.1, -0.05) is 30.3 Å². The van der Waals surface area contributed by atoms with Crippen molar-refractivity contribution >= 4 is 23.3 Å². The van der Waals surface area contributed by atoms with E-state index < -0.39 is 5.54 Å². The quantitative estimate of drug-likeness (QED) is 0.826. The van der Waals surface area contributed by atoms with Gasteiger partial charge in [-0.3, -0.25) is 9.69 Å². The second kappa shape index (κ2) is 6.17. The van der Waals surface area contributed by atoms with E-state index in [9.17, 15) is 9.59 Å². The fourth-order valence-corrected chi connectivity index (χ4v) is 5.41. The Kier molecular flexibility index (Phi) is 3.88. The van der Waals surface area contributed by atoms with Crippen LogP contribution in [0.15, 0.2) is 41.8 Å². The van der Waals surface area contributed by atoms with Crippen LogP contribution in [-0.2, 0) is 11.2 Å². The van der Waals surface area contributed by atoms with Crippen LogP contribution >= 0.6 is 11.3 Å². The third-order valence-corrected chi connectivity index (χ3v) is 7.20. The molecular formula is C21H23N3O2S. The van der Waals surface area contributed by atoms with Gasteiger partial charge in [-0.25, -0.2) is 9.69 Å². The lowest BCUT2D eigenvalue weighted by Gasteiger charge is -2.37. The van der Waals surface area contributed by atoms with Crippen molar-refractivity contribution in [3.63, 3.8) is 0 Å². The Labute approximate surface area is 163 Å². The summed E-state index contributed by atoms with van der Waals surface area (Å²) < 4.78 is 0. The van der Waals surface area contributed by atoms with Crippen LogP contribution in [0.2, 0.25) is 0 Å². The largest absolute Gasteiger partial charge is 0.326 e. The Balaban J connectivity index is 1.46. The molecule has 1 aromatic heterocycles. The minimum absolute atomic E-state index is 0.0714. The minimum Gasteiger partial charge on any atom is -0.323 e. The van der Waals surface area contributed by atoms with Gasteiger partial charge in [-0.05, 0) is 54.7 Å². The summed E-state index contributed by atoms with van der Waals surface area (Å²) in [4.78, 5) is 30.8. The van der Waals surface area contributed by atoms with Crippen molar-refractivity contribution in [1.82, 2.24) is 15.1 Å². The average Bonchev–Trinajstić information content (AvgIpc) is 3.39. The number of nitrogens with one attached hydrogen (secondary N) is 1. The third kappa shape index (κ3) is 2.70.